The number of pyridine rings is 1. The van der Waals surface area contributed by atoms with Crippen LogP contribution < -0.4 is 5.32 Å². The lowest BCUT2D eigenvalue weighted by Crippen LogP contribution is -2.09. The Hall–Kier alpha value is -3.23. The average Bonchev–Trinajstić information content (AvgIpc) is 3.18. The smallest absolute Gasteiger partial charge is 0.157 e. The number of hydrogen-bond acceptors (Lipinski definition) is 3. The van der Waals surface area contributed by atoms with Crippen LogP contribution in [0.25, 0.3) is 16.7 Å². The molecule has 0 amide bonds. The highest BCUT2D eigenvalue weighted by Gasteiger charge is 2.22. The van der Waals surface area contributed by atoms with Gasteiger partial charge in [-0.2, -0.15) is 5.26 Å². The first kappa shape index (κ1) is 21.6. The number of halogens is 3. The number of fused-ring (bicyclic) bond motifs is 3. The molecule has 0 bridgehead atoms. The van der Waals surface area contributed by atoms with Gasteiger partial charge in [-0.1, -0.05) is 77.3 Å². The molecular formula is C26H17Cl3N4. The predicted octanol–water partition coefficient (Wildman–Crippen LogP) is 7.96. The van der Waals surface area contributed by atoms with Gasteiger partial charge in [-0.25, -0.2) is 4.98 Å². The van der Waals surface area contributed by atoms with Crippen molar-refractivity contribution in [3.05, 3.63) is 104 Å². The van der Waals surface area contributed by atoms with Crippen LogP contribution in [-0.2, 0) is 6.42 Å². The van der Waals surface area contributed by atoms with Crippen molar-refractivity contribution in [2.45, 2.75) is 13.3 Å². The first-order chi connectivity index (χ1) is 16.0. The number of anilines is 2. The van der Waals surface area contributed by atoms with E-state index in [-0.39, 0.29) is 0 Å². The van der Waals surface area contributed by atoms with Crippen LogP contribution in [0.5, 0.6) is 0 Å². The quantitative estimate of drug-likeness (QED) is 0.277. The number of nitrogens with one attached hydrogen (secondary N) is 1. The molecule has 33 heavy (non-hydrogen) atoms. The van der Waals surface area contributed by atoms with E-state index in [1.54, 1.807) is 12.1 Å². The monoisotopic (exact) mass is 490 g/mol. The van der Waals surface area contributed by atoms with Crippen molar-refractivity contribution in [2.75, 3.05) is 5.32 Å². The van der Waals surface area contributed by atoms with Crippen LogP contribution in [0.15, 0.2) is 66.7 Å². The number of rotatable bonds is 4. The fourth-order valence-corrected chi connectivity index (χ4v) is 5.02. The molecule has 0 saturated carbocycles. The molecule has 0 atom stereocenters. The number of nitrogens with zero attached hydrogens (tertiary/aromatic N) is 3. The maximum Gasteiger partial charge on any atom is 0.157 e. The van der Waals surface area contributed by atoms with E-state index in [9.17, 15) is 5.26 Å². The van der Waals surface area contributed by atoms with Crippen molar-refractivity contribution in [3.63, 3.8) is 0 Å². The van der Waals surface area contributed by atoms with Crippen LogP contribution >= 0.6 is 34.8 Å². The summed E-state index contributed by atoms with van der Waals surface area (Å²) in [5, 5.41) is 14.8. The Labute approximate surface area is 206 Å². The van der Waals surface area contributed by atoms with E-state index < -0.39 is 0 Å². The summed E-state index contributed by atoms with van der Waals surface area (Å²) >= 11 is 19.2. The number of hydrogen-bond donors (Lipinski definition) is 1. The highest BCUT2D eigenvalue weighted by Crippen LogP contribution is 2.39. The molecule has 0 aliphatic carbocycles. The number of imidazole rings is 1. The van der Waals surface area contributed by atoms with Gasteiger partial charge >= 0.3 is 0 Å². The fraction of sp³-hybridized carbons (Fsp3) is 0.0769. The second-order valence-corrected chi connectivity index (χ2v) is 8.98. The number of para-hydroxylation sites is 2. The molecule has 0 aliphatic rings. The minimum Gasteiger partial charge on any atom is -0.339 e. The van der Waals surface area contributed by atoms with Gasteiger partial charge in [0.25, 0.3) is 0 Å². The van der Waals surface area contributed by atoms with Crippen molar-refractivity contribution in [1.29, 1.82) is 5.26 Å². The minimum atomic E-state index is 0.401. The summed E-state index contributed by atoms with van der Waals surface area (Å²) in [6, 6.07) is 23.6. The van der Waals surface area contributed by atoms with Crippen molar-refractivity contribution in [3.8, 4) is 6.07 Å². The lowest BCUT2D eigenvalue weighted by Gasteiger charge is -2.20. The first-order valence-corrected chi connectivity index (χ1v) is 11.4. The molecule has 0 aliphatic heterocycles. The third-order valence-corrected chi connectivity index (χ3v) is 6.52. The lowest BCUT2D eigenvalue weighted by molar-refractivity contribution is 1.08. The molecule has 5 aromatic rings. The van der Waals surface area contributed by atoms with E-state index in [0.717, 1.165) is 33.5 Å². The highest BCUT2D eigenvalue weighted by molar-refractivity contribution is 6.41. The van der Waals surface area contributed by atoms with E-state index in [2.05, 4.69) is 23.5 Å². The zero-order valence-electron chi connectivity index (χ0n) is 17.5. The zero-order chi connectivity index (χ0) is 23.1. The third-order valence-electron chi connectivity index (χ3n) is 5.71. The highest BCUT2D eigenvalue weighted by atomic mass is 35.5. The molecule has 1 N–H and O–H groups in total. The normalized spacial score (nSPS) is 11.1. The summed E-state index contributed by atoms with van der Waals surface area (Å²) in [5.74, 6) is 0.755. The van der Waals surface area contributed by atoms with Gasteiger partial charge in [0.2, 0.25) is 0 Å². The van der Waals surface area contributed by atoms with Crippen LogP contribution in [0, 0.1) is 18.3 Å². The summed E-state index contributed by atoms with van der Waals surface area (Å²) in [6.07, 6.45) is 0.606. The molecule has 3 aromatic carbocycles. The Kier molecular flexibility index (Phi) is 5.64. The van der Waals surface area contributed by atoms with Crippen LogP contribution in [0.1, 0.15) is 22.3 Å². The molecule has 2 aromatic heterocycles. The Balaban J connectivity index is 1.87. The van der Waals surface area contributed by atoms with Gasteiger partial charge < -0.3 is 5.32 Å². The standard InChI is InChI=1S/C26H17Cl3N4/c1-15-18(11-16-7-3-2-4-8-16)25(32-24-20(28)12-17(27)13-21(24)29)33-23-10-6-5-9-22(23)31-26(33)19(15)14-30/h2-10,12-13,32H,11H2,1H3. The molecule has 2 heterocycles. The Morgan fingerprint density at radius 3 is 2.33 bits per heavy atom. The molecule has 5 rings (SSSR count). The number of benzene rings is 3. The molecule has 4 nitrogen and oxygen atoms in total. The van der Waals surface area contributed by atoms with Crippen LogP contribution in [0.2, 0.25) is 15.1 Å². The summed E-state index contributed by atoms with van der Waals surface area (Å²) in [5.41, 5.74) is 6.25. The molecule has 0 unspecified atom stereocenters. The average molecular weight is 492 g/mol. The molecule has 0 saturated heterocycles. The summed E-state index contributed by atoms with van der Waals surface area (Å²) in [7, 11) is 0. The largest absolute Gasteiger partial charge is 0.339 e. The van der Waals surface area contributed by atoms with E-state index >= 15 is 0 Å². The van der Waals surface area contributed by atoms with Crippen molar-refractivity contribution in [2.24, 2.45) is 0 Å². The Morgan fingerprint density at radius 2 is 1.64 bits per heavy atom. The molecular weight excluding hydrogens is 475 g/mol. The van der Waals surface area contributed by atoms with Gasteiger partial charge in [-0.15, -0.1) is 0 Å². The first-order valence-electron chi connectivity index (χ1n) is 10.3. The molecule has 0 spiro atoms. The fourth-order valence-electron chi connectivity index (χ4n) is 4.11. The topological polar surface area (TPSA) is 53.1 Å². The molecule has 0 radical (unpaired) electrons. The summed E-state index contributed by atoms with van der Waals surface area (Å²) in [4.78, 5) is 4.77. The van der Waals surface area contributed by atoms with Gasteiger partial charge in [-0.3, -0.25) is 4.40 Å². The van der Waals surface area contributed by atoms with Gasteiger partial charge in [-0.05, 0) is 42.3 Å². The molecule has 7 heteroatoms. The van der Waals surface area contributed by atoms with Gasteiger partial charge in [0.05, 0.1) is 32.3 Å². The second-order valence-electron chi connectivity index (χ2n) is 7.73. The van der Waals surface area contributed by atoms with E-state index in [1.165, 1.54) is 0 Å². The van der Waals surface area contributed by atoms with Crippen LogP contribution in [-0.4, -0.2) is 9.38 Å². The lowest BCUT2D eigenvalue weighted by atomic mass is 9.97. The van der Waals surface area contributed by atoms with Gasteiger partial charge in [0.15, 0.2) is 5.65 Å². The van der Waals surface area contributed by atoms with Crippen molar-refractivity contribution < 1.29 is 0 Å². The van der Waals surface area contributed by atoms with Gasteiger partial charge in [0.1, 0.15) is 11.9 Å². The number of aromatic nitrogens is 2. The van der Waals surface area contributed by atoms with Crippen molar-refractivity contribution in [1.82, 2.24) is 9.38 Å². The summed E-state index contributed by atoms with van der Waals surface area (Å²) in [6.45, 7) is 1.95. The number of nitriles is 1. The Bertz CT molecular complexity index is 1540. The molecule has 0 fully saturated rings. The van der Waals surface area contributed by atoms with Gasteiger partial charge in [0, 0.05) is 17.0 Å². The van der Waals surface area contributed by atoms with Crippen LogP contribution in [0.4, 0.5) is 11.5 Å². The van der Waals surface area contributed by atoms with E-state index in [4.69, 9.17) is 39.8 Å². The maximum atomic E-state index is 10.1. The van der Waals surface area contributed by atoms with E-state index in [0.29, 0.717) is 38.4 Å². The predicted molar refractivity (Wildman–Crippen MR) is 136 cm³/mol. The van der Waals surface area contributed by atoms with Crippen molar-refractivity contribution >= 4 is 63.0 Å². The molecule has 162 valence electrons. The SMILES string of the molecule is Cc1c(Cc2ccccc2)c(Nc2c(Cl)cc(Cl)cc2Cl)n2c(nc3ccccc32)c1C#N. The van der Waals surface area contributed by atoms with Crippen LogP contribution in [0.3, 0.4) is 0 Å². The minimum absolute atomic E-state index is 0.401. The van der Waals surface area contributed by atoms with E-state index in [1.807, 2.05) is 53.8 Å². The second kappa shape index (κ2) is 8.61. The zero-order valence-corrected chi connectivity index (χ0v) is 19.8. The Morgan fingerprint density at radius 1 is 0.970 bits per heavy atom. The summed E-state index contributed by atoms with van der Waals surface area (Å²) < 4.78 is 1.97. The third kappa shape index (κ3) is 3.79. The maximum absolute atomic E-state index is 10.1.